The fraction of sp³-hybridized carbons (Fsp3) is 0.435. The summed E-state index contributed by atoms with van der Waals surface area (Å²) in [7, 11) is 0. The molecule has 7 nitrogen and oxygen atoms in total. The number of nitrogens with zero attached hydrogens (tertiary/aromatic N) is 5. The molecule has 1 aromatic carbocycles. The van der Waals surface area contributed by atoms with Gasteiger partial charge in [0.25, 0.3) is 5.56 Å². The van der Waals surface area contributed by atoms with Crippen LogP contribution in [0.1, 0.15) is 18.4 Å². The van der Waals surface area contributed by atoms with E-state index < -0.39 is 12.2 Å². The van der Waals surface area contributed by atoms with Crippen molar-refractivity contribution in [2.75, 3.05) is 23.0 Å². The smallest absolute Gasteiger partial charge is 0.374 e. The second-order valence-corrected chi connectivity index (χ2v) is 8.89. The number of hydrogen-bond donors (Lipinski definition) is 0. The summed E-state index contributed by atoms with van der Waals surface area (Å²) in [5.41, 5.74) is 0.400. The Morgan fingerprint density at radius 3 is 2.85 bits per heavy atom. The summed E-state index contributed by atoms with van der Waals surface area (Å²) >= 11 is 0. The quantitative estimate of drug-likeness (QED) is 0.603. The van der Waals surface area contributed by atoms with Crippen LogP contribution < -0.4 is 15.4 Å². The predicted molar refractivity (Wildman–Crippen MR) is 116 cm³/mol. The lowest BCUT2D eigenvalue weighted by Gasteiger charge is -2.40. The number of hydrogen-bond acceptors (Lipinski definition) is 6. The number of alkyl halides is 3. The van der Waals surface area contributed by atoms with Gasteiger partial charge in [0.2, 0.25) is 5.95 Å². The zero-order chi connectivity index (χ0) is 22.7. The molecule has 0 aliphatic carbocycles. The summed E-state index contributed by atoms with van der Waals surface area (Å²) in [6, 6.07) is 7.12. The van der Waals surface area contributed by atoms with Crippen molar-refractivity contribution in [2.45, 2.75) is 50.3 Å². The maximum Gasteiger partial charge on any atom is 0.408 e. The maximum absolute atomic E-state index is 14.1. The zero-order valence-corrected chi connectivity index (χ0v) is 17.7. The third-order valence-electron chi connectivity index (χ3n) is 6.92. The summed E-state index contributed by atoms with van der Waals surface area (Å²) in [6.45, 7) is 1.11. The summed E-state index contributed by atoms with van der Waals surface area (Å²) < 4.78 is 49.4. The van der Waals surface area contributed by atoms with E-state index >= 15 is 0 Å². The standard InChI is InChI=1S/C23H22F3N5O2/c24-23(25,26)19-5-7-29-21(32)9-20(30-12-17-8-16(30)13-33-17)28-22(29)31(19)11-15-3-1-2-14-10-27-6-4-18(14)15/h1-4,6,9-10,16-17,19H,5,7-8,11-13H2/t16?,17?,19-/m0/s1. The second kappa shape index (κ2) is 7.44. The van der Waals surface area contributed by atoms with Crippen LogP contribution in [0.25, 0.3) is 10.8 Å². The van der Waals surface area contributed by atoms with Crippen LogP contribution in [0.4, 0.5) is 24.9 Å². The third-order valence-corrected chi connectivity index (χ3v) is 6.92. The summed E-state index contributed by atoms with van der Waals surface area (Å²) in [5.74, 6) is 0.498. The highest BCUT2D eigenvalue weighted by atomic mass is 19.4. The lowest BCUT2D eigenvalue weighted by Crippen LogP contribution is -2.52. The van der Waals surface area contributed by atoms with E-state index in [1.54, 1.807) is 18.5 Å². The first kappa shape index (κ1) is 20.5. The fourth-order valence-corrected chi connectivity index (χ4v) is 5.32. The highest BCUT2D eigenvalue weighted by Gasteiger charge is 2.47. The third kappa shape index (κ3) is 3.43. The molecule has 10 heteroatoms. The van der Waals surface area contributed by atoms with E-state index in [1.807, 2.05) is 23.1 Å². The van der Waals surface area contributed by atoms with Crippen molar-refractivity contribution < 1.29 is 17.9 Å². The molecule has 3 atom stereocenters. The molecule has 2 fully saturated rings. The van der Waals surface area contributed by atoms with Crippen molar-refractivity contribution in [1.29, 1.82) is 0 Å². The molecule has 5 heterocycles. The van der Waals surface area contributed by atoms with Gasteiger partial charge in [0, 0.05) is 43.5 Å². The van der Waals surface area contributed by atoms with E-state index in [4.69, 9.17) is 4.74 Å². The van der Waals surface area contributed by atoms with Gasteiger partial charge in [-0.25, -0.2) is 0 Å². The molecule has 2 unspecified atom stereocenters. The van der Waals surface area contributed by atoms with Crippen LogP contribution in [0.15, 0.2) is 47.5 Å². The van der Waals surface area contributed by atoms with E-state index in [2.05, 4.69) is 9.97 Å². The van der Waals surface area contributed by atoms with Gasteiger partial charge in [0.15, 0.2) is 0 Å². The van der Waals surface area contributed by atoms with Gasteiger partial charge in [0.1, 0.15) is 11.9 Å². The highest BCUT2D eigenvalue weighted by molar-refractivity contribution is 5.85. The van der Waals surface area contributed by atoms with Crippen molar-refractivity contribution in [1.82, 2.24) is 14.5 Å². The number of morpholine rings is 1. The molecule has 2 aromatic heterocycles. The number of benzene rings is 1. The van der Waals surface area contributed by atoms with Gasteiger partial charge in [-0.1, -0.05) is 18.2 Å². The van der Waals surface area contributed by atoms with Gasteiger partial charge in [0.05, 0.1) is 18.8 Å². The Morgan fingerprint density at radius 1 is 1.21 bits per heavy atom. The molecular weight excluding hydrogens is 435 g/mol. The SMILES string of the molecule is O=c1cc(N2CC3CC2CO3)nc2n1CC[C@@H](C(F)(F)F)N2Cc1cccc2cnccc12. The molecule has 0 N–H and O–H groups in total. The number of aromatic nitrogens is 3. The molecule has 3 aliphatic heterocycles. The Kier molecular flexibility index (Phi) is 4.62. The molecule has 3 aliphatic rings. The largest absolute Gasteiger partial charge is 0.408 e. The fourth-order valence-electron chi connectivity index (χ4n) is 5.32. The summed E-state index contributed by atoms with van der Waals surface area (Å²) in [5, 5.41) is 1.68. The van der Waals surface area contributed by atoms with Crippen LogP contribution in [0.5, 0.6) is 0 Å². The van der Waals surface area contributed by atoms with Gasteiger partial charge in [-0.15, -0.1) is 0 Å². The lowest BCUT2D eigenvalue weighted by molar-refractivity contribution is -0.153. The Balaban J connectivity index is 1.46. The Bertz CT molecular complexity index is 1270. The van der Waals surface area contributed by atoms with Gasteiger partial charge >= 0.3 is 6.18 Å². The van der Waals surface area contributed by atoms with Crippen LogP contribution in [0, 0.1) is 0 Å². The molecule has 2 saturated heterocycles. The number of anilines is 2. The van der Waals surface area contributed by atoms with Gasteiger partial charge < -0.3 is 14.5 Å². The van der Waals surface area contributed by atoms with Gasteiger partial charge in [-0.05, 0) is 29.9 Å². The first-order chi connectivity index (χ1) is 15.9. The van der Waals surface area contributed by atoms with Gasteiger partial charge in [-0.2, -0.15) is 18.2 Å². The van der Waals surface area contributed by atoms with Crippen LogP contribution >= 0.6 is 0 Å². The van der Waals surface area contributed by atoms with Crippen LogP contribution in [-0.2, 0) is 17.8 Å². The van der Waals surface area contributed by atoms with Crippen LogP contribution in [0.2, 0.25) is 0 Å². The molecule has 33 heavy (non-hydrogen) atoms. The van der Waals surface area contributed by atoms with E-state index in [0.29, 0.717) is 19.0 Å². The highest BCUT2D eigenvalue weighted by Crippen LogP contribution is 2.37. The molecule has 2 bridgehead atoms. The maximum atomic E-state index is 14.1. The molecule has 3 aromatic rings. The predicted octanol–water partition coefficient (Wildman–Crippen LogP) is 3.11. The summed E-state index contributed by atoms with van der Waals surface area (Å²) in [4.78, 5) is 25.0. The Hall–Kier alpha value is -3.14. The minimum absolute atomic E-state index is 0.0171. The molecule has 0 saturated carbocycles. The molecular formula is C23H22F3N5O2. The van der Waals surface area contributed by atoms with Crippen molar-refractivity contribution in [3.05, 3.63) is 58.6 Å². The first-order valence-corrected chi connectivity index (χ1v) is 11.0. The normalized spacial score (nSPS) is 24.5. The molecule has 6 rings (SSSR count). The van der Waals surface area contributed by atoms with E-state index in [0.717, 1.165) is 22.8 Å². The van der Waals surface area contributed by atoms with Crippen molar-refractivity contribution in [2.24, 2.45) is 0 Å². The Morgan fingerprint density at radius 2 is 2.09 bits per heavy atom. The van der Waals surface area contributed by atoms with Crippen molar-refractivity contribution >= 4 is 22.5 Å². The molecule has 0 spiro atoms. The van der Waals surface area contributed by atoms with Crippen LogP contribution in [-0.4, -0.2) is 52.1 Å². The number of halogens is 3. The molecule has 0 amide bonds. The monoisotopic (exact) mass is 457 g/mol. The van der Waals surface area contributed by atoms with Crippen LogP contribution in [0.3, 0.4) is 0 Å². The van der Waals surface area contributed by atoms with E-state index in [1.165, 1.54) is 15.5 Å². The minimum Gasteiger partial charge on any atom is -0.374 e. The second-order valence-electron chi connectivity index (χ2n) is 8.89. The molecule has 0 radical (unpaired) electrons. The lowest BCUT2D eigenvalue weighted by atomic mass is 10.0. The topological polar surface area (TPSA) is 63.5 Å². The average molecular weight is 457 g/mol. The zero-order valence-electron chi connectivity index (χ0n) is 17.7. The first-order valence-electron chi connectivity index (χ1n) is 11.0. The van der Waals surface area contributed by atoms with E-state index in [9.17, 15) is 18.0 Å². The number of pyridine rings is 1. The van der Waals surface area contributed by atoms with E-state index in [-0.39, 0.29) is 43.2 Å². The average Bonchev–Trinajstić information content (AvgIpc) is 3.43. The number of fused-ring (bicyclic) bond motifs is 4. The number of rotatable bonds is 3. The number of ether oxygens (including phenoxy) is 1. The minimum atomic E-state index is -4.45. The molecule has 172 valence electrons. The van der Waals surface area contributed by atoms with Crippen molar-refractivity contribution in [3.8, 4) is 0 Å². The van der Waals surface area contributed by atoms with Gasteiger partial charge in [-0.3, -0.25) is 14.3 Å². The Labute approximate surface area is 187 Å². The van der Waals surface area contributed by atoms with Crippen molar-refractivity contribution in [3.63, 3.8) is 0 Å². The summed E-state index contributed by atoms with van der Waals surface area (Å²) in [6.07, 6.45) is -0.409.